The quantitative estimate of drug-likeness (QED) is 0.560. The van der Waals surface area contributed by atoms with E-state index in [1.807, 2.05) is 0 Å². The van der Waals surface area contributed by atoms with Crippen LogP contribution in [0.5, 0.6) is 0 Å². The van der Waals surface area contributed by atoms with Crippen molar-refractivity contribution in [2.24, 2.45) is 0 Å². The van der Waals surface area contributed by atoms with E-state index in [0.29, 0.717) is 0 Å². The van der Waals surface area contributed by atoms with Crippen LogP contribution in [-0.2, 0) is 9.05 Å². The first-order valence-electron chi connectivity index (χ1n) is 3.20. The van der Waals surface area contributed by atoms with Crippen LogP contribution >= 0.6 is 8.38 Å². The van der Waals surface area contributed by atoms with Gasteiger partial charge in [-0.2, -0.15) is 0 Å². The van der Waals surface area contributed by atoms with Gasteiger partial charge in [-0.05, 0) is 6.42 Å². The molecule has 0 saturated carbocycles. The first kappa shape index (κ1) is 9.35. The highest BCUT2D eigenvalue weighted by molar-refractivity contribution is 7.47. The summed E-state index contributed by atoms with van der Waals surface area (Å²) in [5.41, 5.74) is 0. The molecule has 0 N–H and O–H groups in total. The molecule has 0 aliphatic rings. The Labute approximate surface area is 58.5 Å². The molecule has 0 aromatic rings. The topological polar surface area (TPSA) is 18.5 Å². The smallest absolute Gasteiger partial charge is 0.169 e. The van der Waals surface area contributed by atoms with Crippen LogP contribution in [0.4, 0.5) is 0 Å². The molecule has 0 spiro atoms. The molecule has 0 radical (unpaired) electrons. The minimum absolute atomic E-state index is 0.562. The molecule has 3 heteroatoms. The monoisotopic (exact) mass is 150 g/mol. The second kappa shape index (κ2) is 6.47. The largest absolute Gasteiger partial charge is 0.337 e. The first-order valence-corrected chi connectivity index (χ1v) is 4.57. The van der Waals surface area contributed by atoms with Crippen molar-refractivity contribution in [3.63, 3.8) is 0 Å². The zero-order valence-corrected chi connectivity index (χ0v) is 7.28. The molecule has 0 rings (SSSR count). The highest BCUT2D eigenvalue weighted by Gasteiger charge is 2.02. The molecule has 0 heterocycles. The van der Waals surface area contributed by atoms with Crippen LogP contribution in [0, 0.1) is 0 Å². The molecule has 0 fully saturated rings. The van der Waals surface area contributed by atoms with E-state index >= 15 is 0 Å². The van der Waals surface area contributed by atoms with Crippen LogP contribution in [0.15, 0.2) is 0 Å². The van der Waals surface area contributed by atoms with Crippen molar-refractivity contribution in [1.29, 1.82) is 0 Å². The average Bonchev–Trinajstić information content (AvgIpc) is 1.91. The fourth-order valence-corrected chi connectivity index (χ4v) is 1.63. The van der Waals surface area contributed by atoms with Crippen LogP contribution in [0.25, 0.3) is 0 Å². The first-order chi connectivity index (χ1) is 4.35. The van der Waals surface area contributed by atoms with E-state index < -0.39 is 8.38 Å². The van der Waals surface area contributed by atoms with Gasteiger partial charge >= 0.3 is 0 Å². The molecular formula is C6H15O2P. The Morgan fingerprint density at radius 1 is 1.22 bits per heavy atom. The Balaban J connectivity index is 3.09. The van der Waals surface area contributed by atoms with Crippen molar-refractivity contribution in [1.82, 2.24) is 0 Å². The maximum atomic E-state index is 5.04. The Hall–Kier alpha value is 0.350. The molecule has 0 unspecified atom stereocenters. The van der Waals surface area contributed by atoms with E-state index in [9.17, 15) is 0 Å². The van der Waals surface area contributed by atoms with E-state index in [1.54, 1.807) is 14.2 Å². The van der Waals surface area contributed by atoms with Gasteiger partial charge in [0.15, 0.2) is 8.38 Å². The van der Waals surface area contributed by atoms with Crippen molar-refractivity contribution >= 4 is 8.38 Å². The van der Waals surface area contributed by atoms with Gasteiger partial charge in [-0.15, -0.1) is 0 Å². The number of hydrogen-bond acceptors (Lipinski definition) is 2. The number of rotatable bonds is 5. The average molecular weight is 150 g/mol. The van der Waals surface area contributed by atoms with Crippen molar-refractivity contribution in [3.05, 3.63) is 0 Å². The van der Waals surface area contributed by atoms with Crippen LogP contribution in [-0.4, -0.2) is 20.4 Å². The summed E-state index contributed by atoms with van der Waals surface area (Å²) in [5.74, 6) is 0. The maximum Gasteiger partial charge on any atom is 0.169 e. The maximum absolute atomic E-state index is 5.04. The lowest BCUT2D eigenvalue weighted by atomic mass is 10.4. The Kier molecular flexibility index (Phi) is 6.72. The summed E-state index contributed by atoms with van der Waals surface area (Å²) in [6.45, 7) is 2.17. The summed E-state index contributed by atoms with van der Waals surface area (Å²) >= 11 is 0. The molecule has 0 aromatic carbocycles. The summed E-state index contributed by atoms with van der Waals surface area (Å²) in [4.78, 5) is 0. The third-order valence-corrected chi connectivity index (χ3v) is 2.60. The highest BCUT2D eigenvalue weighted by Crippen LogP contribution is 2.36. The third kappa shape index (κ3) is 4.83. The summed E-state index contributed by atoms with van der Waals surface area (Å²) in [5, 5.41) is 0. The van der Waals surface area contributed by atoms with Gasteiger partial charge in [0, 0.05) is 20.4 Å². The molecule has 0 amide bonds. The molecule has 0 aliphatic carbocycles. The van der Waals surface area contributed by atoms with Gasteiger partial charge in [-0.1, -0.05) is 13.3 Å². The SMILES string of the molecule is CCCCP(OC)OC. The fraction of sp³-hybridized carbons (Fsp3) is 1.00. The lowest BCUT2D eigenvalue weighted by molar-refractivity contribution is 0.339. The zero-order valence-electron chi connectivity index (χ0n) is 6.39. The van der Waals surface area contributed by atoms with E-state index in [1.165, 1.54) is 12.8 Å². The molecule has 56 valence electrons. The van der Waals surface area contributed by atoms with Gasteiger partial charge in [-0.3, -0.25) is 0 Å². The normalized spacial score (nSPS) is 10.7. The molecule has 0 aliphatic heterocycles. The van der Waals surface area contributed by atoms with Gasteiger partial charge in [0.1, 0.15) is 0 Å². The number of unbranched alkanes of at least 4 members (excludes halogenated alkanes) is 1. The fourth-order valence-electron chi connectivity index (χ4n) is 0.544. The summed E-state index contributed by atoms with van der Waals surface area (Å²) in [6.07, 6.45) is 3.48. The molecule has 0 bridgehead atoms. The summed E-state index contributed by atoms with van der Waals surface area (Å²) in [7, 11) is 2.84. The minimum atomic E-state index is -0.562. The molecule has 0 atom stereocenters. The minimum Gasteiger partial charge on any atom is -0.337 e. The molecule has 9 heavy (non-hydrogen) atoms. The third-order valence-electron chi connectivity index (χ3n) is 1.10. The molecule has 0 saturated heterocycles. The summed E-state index contributed by atoms with van der Waals surface area (Å²) in [6, 6.07) is 0. The summed E-state index contributed by atoms with van der Waals surface area (Å²) < 4.78 is 10.1. The van der Waals surface area contributed by atoms with Crippen LogP contribution < -0.4 is 0 Å². The molecule has 2 nitrogen and oxygen atoms in total. The van der Waals surface area contributed by atoms with Crippen molar-refractivity contribution in [2.45, 2.75) is 19.8 Å². The van der Waals surface area contributed by atoms with E-state index in [4.69, 9.17) is 9.05 Å². The highest BCUT2D eigenvalue weighted by atomic mass is 31.2. The van der Waals surface area contributed by atoms with Gasteiger partial charge in [0.2, 0.25) is 0 Å². The Morgan fingerprint density at radius 3 is 2.11 bits per heavy atom. The lowest BCUT2D eigenvalue weighted by Crippen LogP contribution is -1.87. The standard InChI is InChI=1S/C6H15O2P/c1-4-5-6-9(7-2)8-3/h4-6H2,1-3H3. The van der Waals surface area contributed by atoms with E-state index in [-0.39, 0.29) is 0 Å². The predicted octanol–water partition coefficient (Wildman–Crippen LogP) is 2.39. The van der Waals surface area contributed by atoms with Gasteiger partial charge in [0.25, 0.3) is 0 Å². The molecule has 0 aromatic heterocycles. The second-order valence-electron chi connectivity index (χ2n) is 1.78. The van der Waals surface area contributed by atoms with Crippen molar-refractivity contribution in [3.8, 4) is 0 Å². The van der Waals surface area contributed by atoms with Crippen LogP contribution in [0.2, 0.25) is 0 Å². The van der Waals surface area contributed by atoms with Crippen LogP contribution in [0.1, 0.15) is 19.8 Å². The zero-order chi connectivity index (χ0) is 7.11. The van der Waals surface area contributed by atoms with Gasteiger partial charge < -0.3 is 9.05 Å². The van der Waals surface area contributed by atoms with Crippen molar-refractivity contribution in [2.75, 3.05) is 20.4 Å². The second-order valence-corrected chi connectivity index (χ2v) is 3.62. The van der Waals surface area contributed by atoms with Crippen LogP contribution in [0.3, 0.4) is 0 Å². The van der Waals surface area contributed by atoms with Crippen molar-refractivity contribution < 1.29 is 9.05 Å². The van der Waals surface area contributed by atoms with Gasteiger partial charge in [0.05, 0.1) is 0 Å². The predicted molar refractivity (Wildman–Crippen MR) is 40.7 cm³/mol. The number of hydrogen-bond donors (Lipinski definition) is 0. The van der Waals surface area contributed by atoms with E-state index in [2.05, 4.69) is 6.92 Å². The van der Waals surface area contributed by atoms with E-state index in [0.717, 1.165) is 6.16 Å². The Bertz CT molecular complexity index is 55.0. The Morgan fingerprint density at radius 2 is 1.78 bits per heavy atom. The lowest BCUT2D eigenvalue weighted by Gasteiger charge is -2.09. The molecular weight excluding hydrogens is 135 g/mol. The van der Waals surface area contributed by atoms with Gasteiger partial charge in [-0.25, -0.2) is 0 Å².